The summed E-state index contributed by atoms with van der Waals surface area (Å²) in [6, 6.07) is 0.896. The van der Waals surface area contributed by atoms with Crippen molar-refractivity contribution >= 4 is 17.6 Å². The highest BCUT2D eigenvalue weighted by Crippen LogP contribution is 2.26. The molecule has 1 rings (SSSR count). The Bertz CT molecular complexity index is 415. The minimum absolute atomic E-state index is 0.00261. The third-order valence-corrected chi connectivity index (χ3v) is 2.45. The molecule has 0 fully saturated rings. The van der Waals surface area contributed by atoms with E-state index in [0.717, 1.165) is 19.4 Å². The summed E-state index contributed by atoms with van der Waals surface area (Å²) in [6.45, 7) is 0. The molecule has 0 aliphatic heterocycles. The maximum atomic E-state index is 12.8. The second kappa shape index (κ2) is 5.90. The zero-order valence-electron chi connectivity index (χ0n) is 8.93. The summed E-state index contributed by atoms with van der Waals surface area (Å²) >= 11 is 5.69. The molecule has 17 heavy (non-hydrogen) atoms. The first-order valence-corrected chi connectivity index (χ1v) is 5.07. The number of aliphatic hydroxyl groups excluding tert-OH is 2. The van der Waals surface area contributed by atoms with Crippen LogP contribution in [0.3, 0.4) is 0 Å². The normalized spacial score (nSPS) is 14.2. The number of hydrogen-bond donors (Lipinski definition) is 2. The molecule has 0 aromatic carbocycles. The summed E-state index contributed by atoms with van der Waals surface area (Å²) in [4.78, 5) is 14.2. The lowest BCUT2D eigenvalue weighted by molar-refractivity contribution is -0.144. The van der Waals surface area contributed by atoms with Crippen LogP contribution in [0, 0.1) is 5.95 Å². The van der Waals surface area contributed by atoms with Crippen LogP contribution in [0.4, 0.5) is 4.39 Å². The minimum Gasteiger partial charge on any atom is -0.469 e. The average molecular weight is 264 g/mol. The number of ether oxygens (including phenoxy) is 1. The number of pyridine rings is 1. The van der Waals surface area contributed by atoms with Gasteiger partial charge in [0, 0.05) is 17.8 Å². The van der Waals surface area contributed by atoms with Gasteiger partial charge in [0.2, 0.25) is 5.95 Å². The van der Waals surface area contributed by atoms with Crippen LogP contribution in [-0.4, -0.2) is 34.4 Å². The van der Waals surface area contributed by atoms with Crippen molar-refractivity contribution in [3.63, 3.8) is 0 Å². The number of aromatic nitrogens is 1. The SMILES string of the molecule is COC(=O)CC(O)C(O)c1cc(F)ncc1Cl. The highest BCUT2D eigenvalue weighted by molar-refractivity contribution is 6.31. The average Bonchev–Trinajstić information content (AvgIpc) is 2.31. The number of esters is 1. The lowest BCUT2D eigenvalue weighted by Crippen LogP contribution is -2.23. The van der Waals surface area contributed by atoms with E-state index >= 15 is 0 Å². The Labute approximate surface area is 102 Å². The van der Waals surface area contributed by atoms with Crippen molar-refractivity contribution < 1.29 is 24.1 Å². The number of hydrogen-bond acceptors (Lipinski definition) is 5. The maximum absolute atomic E-state index is 12.8. The van der Waals surface area contributed by atoms with E-state index in [1.807, 2.05) is 0 Å². The largest absolute Gasteiger partial charge is 0.469 e. The number of aliphatic hydroxyl groups is 2. The smallest absolute Gasteiger partial charge is 0.308 e. The van der Waals surface area contributed by atoms with Gasteiger partial charge in [-0.3, -0.25) is 4.79 Å². The van der Waals surface area contributed by atoms with E-state index in [9.17, 15) is 19.4 Å². The highest BCUT2D eigenvalue weighted by atomic mass is 35.5. The van der Waals surface area contributed by atoms with Crippen molar-refractivity contribution in [2.24, 2.45) is 0 Å². The maximum Gasteiger partial charge on any atom is 0.308 e. The second-order valence-electron chi connectivity index (χ2n) is 3.32. The van der Waals surface area contributed by atoms with E-state index in [0.29, 0.717) is 0 Å². The molecular weight excluding hydrogens is 253 g/mol. The van der Waals surface area contributed by atoms with Gasteiger partial charge in [0.25, 0.3) is 0 Å². The van der Waals surface area contributed by atoms with Gasteiger partial charge in [-0.05, 0) is 0 Å². The lowest BCUT2D eigenvalue weighted by atomic mass is 10.0. The van der Waals surface area contributed by atoms with Crippen LogP contribution in [0.25, 0.3) is 0 Å². The number of nitrogens with zero attached hydrogens (tertiary/aromatic N) is 1. The third-order valence-electron chi connectivity index (χ3n) is 2.14. The van der Waals surface area contributed by atoms with Crippen LogP contribution in [0.5, 0.6) is 0 Å². The van der Waals surface area contributed by atoms with Crippen molar-refractivity contribution in [3.8, 4) is 0 Å². The molecule has 2 N–H and O–H groups in total. The molecule has 0 aliphatic carbocycles. The van der Waals surface area contributed by atoms with E-state index in [2.05, 4.69) is 9.72 Å². The number of carbonyl (C=O) groups is 1. The Morgan fingerprint density at radius 1 is 1.65 bits per heavy atom. The molecule has 0 aliphatic rings. The Balaban J connectivity index is 2.84. The van der Waals surface area contributed by atoms with Crippen LogP contribution in [-0.2, 0) is 9.53 Å². The summed E-state index contributed by atoms with van der Waals surface area (Å²) in [6.07, 6.45) is -2.32. The summed E-state index contributed by atoms with van der Waals surface area (Å²) in [5, 5.41) is 19.2. The van der Waals surface area contributed by atoms with Gasteiger partial charge in [-0.25, -0.2) is 4.98 Å². The fourth-order valence-corrected chi connectivity index (χ4v) is 1.44. The molecule has 0 amide bonds. The van der Waals surface area contributed by atoms with E-state index < -0.39 is 30.5 Å². The molecule has 7 heteroatoms. The Morgan fingerprint density at radius 2 is 2.29 bits per heavy atom. The van der Waals surface area contributed by atoms with Crippen LogP contribution in [0.15, 0.2) is 12.3 Å². The van der Waals surface area contributed by atoms with E-state index in [1.165, 1.54) is 0 Å². The fourth-order valence-electron chi connectivity index (χ4n) is 1.23. The van der Waals surface area contributed by atoms with Crippen molar-refractivity contribution in [2.75, 3.05) is 7.11 Å². The van der Waals surface area contributed by atoms with Crippen molar-refractivity contribution in [2.45, 2.75) is 18.6 Å². The van der Waals surface area contributed by atoms with Gasteiger partial charge >= 0.3 is 5.97 Å². The predicted octanol–water partition coefficient (Wildman–Crippen LogP) is 0.831. The van der Waals surface area contributed by atoms with Gasteiger partial charge in [-0.15, -0.1) is 0 Å². The quantitative estimate of drug-likeness (QED) is 0.621. The van der Waals surface area contributed by atoms with Gasteiger partial charge in [-0.1, -0.05) is 11.6 Å². The summed E-state index contributed by atoms with van der Waals surface area (Å²) in [5.41, 5.74) is -0.0319. The van der Waals surface area contributed by atoms with E-state index in [1.54, 1.807) is 0 Å². The first kappa shape index (κ1) is 13.8. The van der Waals surface area contributed by atoms with Gasteiger partial charge in [0.15, 0.2) is 0 Å². The van der Waals surface area contributed by atoms with Crippen LogP contribution in [0.2, 0.25) is 5.02 Å². The van der Waals surface area contributed by atoms with Gasteiger partial charge in [0.05, 0.1) is 24.7 Å². The molecule has 2 atom stereocenters. The molecule has 0 radical (unpaired) electrons. The number of rotatable bonds is 4. The van der Waals surface area contributed by atoms with Crippen molar-refractivity contribution in [3.05, 3.63) is 28.8 Å². The summed E-state index contributed by atoms with van der Waals surface area (Å²) in [7, 11) is 1.15. The fraction of sp³-hybridized carbons (Fsp3) is 0.400. The molecule has 0 spiro atoms. The lowest BCUT2D eigenvalue weighted by Gasteiger charge is -2.17. The van der Waals surface area contributed by atoms with Crippen LogP contribution < -0.4 is 0 Å². The molecule has 2 unspecified atom stereocenters. The molecule has 0 bridgehead atoms. The van der Waals surface area contributed by atoms with Crippen molar-refractivity contribution in [1.82, 2.24) is 4.98 Å². The molecule has 0 saturated carbocycles. The topological polar surface area (TPSA) is 79.7 Å². The van der Waals surface area contributed by atoms with Crippen molar-refractivity contribution in [1.29, 1.82) is 0 Å². The Hall–Kier alpha value is -1.24. The Morgan fingerprint density at radius 3 is 2.88 bits per heavy atom. The Kier molecular flexibility index (Phi) is 4.80. The van der Waals surface area contributed by atoms with Gasteiger partial charge < -0.3 is 14.9 Å². The van der Waals surface area contributed by atoms with Crippen LogP contribution >= 0.6 is 11.6 Å². The number of methoxy groups -OCH3 is 1. The zero-order valence-corrected chi connectivity index (χ0v) is 9.69. The van der Waals surface area contributed by atoms with Crippen LogP contribution in [0.1, 0.15) is 18.1 Å². The summed E-state index contributed by atoms with van der Waals surface area (Å²) in [5.74, 6) is -1.53. The molecule has 94 valence electrons. The van der Waals surface area contributed by atoms with Gasteiger partial charge in [0.1, 0.15) is 6.10 Å². The zero-order chi connectivity index (χ0) is 13.0. The molecular formula is C10H11ClFNO4. The first-order valence-electron chi connectivity index (χ1n) is 4.69. The third kappa shape index (κ3) is 3.62. The highest BCUT2D eigenvalue weighted by Gasteiger charge is 2.24. The molecule has 0 saturated heterocycles. The standard InChI is InChI=1S/C10H11ClFNO4/c1-17-9(15)3-7(14)10(16)5-2-8(12)13-4-6(5)11/h2,4,7,10,14,16H,3H2,1H3. The summed E-state index contributed by atoms with van der Waals surface area (Å²) < 4.78 is 17.2. The molecule has 5 nitrogen and oxygen atoms in total. The minimum atomic E-state index is -1.49. The second-order valence-corrected chi connectivity index (χ2v) is 3.73. The predicted molar refractivity (Wildman–Crippen MR) is 56.8 cm³/mol. The molecule has 1 aromatic rings. The number of carbonyl (C=O) groups excluding carboxylic acids is 1. The monoisotopic (exact) mass is 263 g/mol. The first-order chi connectivity index (χ1) is 7.95. The molecule has 1 aromatic heterocycles. The van der Waals surface area contributed by atoms with E-state index in [-0.39, 0.29) is 10.6 Å². The number of halogens is 2. The molecule has 1 heterocycles. The van der Waals surface area contributed by atoms with E-state index in [4.69, 9.17) is 11.6 Å². The van der Waals surface area contributed by atoms with Gasteiger partial charge in [-0.2, -0.15) is 4.39 Å².